The molecule has 1 heterocycles. The van der Waals surface area contributed by atoms with E-state index in [1.54, 1.807) is 6.20 Å². The molecular weight excluding hydrogens is 396 g/mol. The first-order valence-corrected chi connectivity index (χ1v) is 10.5. The number of halogens is 1. The van der Waals surface area contributed by atoms with Crippen LogP contribution in [0.25, 0.3) is 16.7 Å². The maximum absolute atomic E-state index is 6.06. The summed E-state index contributed by atoms with van der Waals surface area (Å²) in [6.45, 7) is 4.71. The number of anilines is 1. The van der Waals surface area contributed by atoms with Crippen molar-refractivity contribution < 1.29 is 4.52 Å². The lowest BCUT2D eigenvalue weighted by Crippen LogP contribution is -2.12. The smallest absolute Gasteiger partial charge is 0.144 e. The summed E-state index contributed by atoms with van der Waals surface area (Å²) in [5.74, 6) is 0.934. The second-order valence-electron chi connectivity index (χ2n) is 7.36. The van der Waals surface area contributed by atoms with Gasteiger partial charge in [-0.25, -0.2) is 0 Å². The molecule has 0 saturated carbocycles. The quantitative estimate of drug-likeness (QED) is 0.512. The van der Waals surface area contributed by atoms with Crippen LogP contribution in [-0.4, -0.2) is 17.9 Å². The van der Waals surface area contributed by atoms with Crippen LogP contribution in [0.15, 0.2) is 58.2 Å². The molecule has 0 fully saturated rings. The number of hydrogen-bond acceptors (Lipinski definition) is 5. The van der Waals surface area contributed by atoms with E-state index < -0.39 is 0 Å². The van der Waals surface area contributed by atoms with E-state index >= 15 is 0 Å². The third-order valence-electron chi connectivity index (χ3n) is 5.40. The molecule has 5 nitrogen and oxygen atoms in total. The molecule has 0 amide bonds. The molecule has 1 aliphatic carbocycles. The summed E-state index contributed by atoms with van der Waals surface area (Å²) in [4.78, 5) is 4.36. The Hall–Kier alpha value is -3.05. The minimum absolute atomic E-state index is 0.102. The SMILES string of the molecule is CCN=CC(=CN)c1ccc2c(c1)C(Nc1ccc(Cl)cc1)CCc1onc(C)c1-2. The average molecular weight is 421 g/mol. The number of nitrogens with one attached hydrogen (secondary N) is 1. The Morgan fingerprint density at radius 2 is 2.10 bits per heavy atom. The van der Waals surface area contributed by atoms with Crippen molar-refractivity contribution in [2.24, 2.45) is 10.7 Å². The highest BCUT2D eigenvalue weighted by molar-refractivity contribution is 6.30. The Morgan fingerprint density at radius 1 is 1.30 bits per heavy atom. The highest BCUT2D eigenvalue weighted by atomic mass is 35.5. The van der Waals surface area contributed by atoms with Crippen molar-refractivity contribution in [3.8, 4) is 11.1 Å². The molecule has 154 valence electrons. The van der Waals surface area contributed by atoms with Crippen LogP contribution in [-0.2, 0) is 6.42 Å². The average Bonchev–Trinajstić information content (AvgIpc) is 3.05. The predicted molar refractivity (Wildman–Crippen MR) is 124 cm³/mol. The fourth-order valence-electron chi connectivity index (χ4n) is 3.92. The lowest BCUT2D eigenvalue weighted by atomic mass is 9.92. The van der Waals surface area contributed by atoms with Crippen LogP contribution in [0.1, 0.15) is 42.0 Å². The summed E-state index contributed by atoms with van der Waals surface area (Å²) < 4.78 is 5.64. The summed E-state index contributed by atoms with van der Waals surface area (Å²) in [5, 5.41) is 8.60. The van der Waals surface area contributed by atoms with E-state index in [-0.39, 0.29) is 6.04 Å². The topological polar surface area (TPSA) is 76.4 Å². The van der Waals surface area contributed by atoms with Gasteiger partial charge in [0.2, 0.25) is 0 Å². The van der Waals surface area contributed by atoms with Crippen molar-refractivity contribution in [3.63, 3.8) is 0 Å². The maximum Gasteiger partial charge on any atom is 0.144 e. The zero-order valence-corrected chi connectivity index (χ0v) is 17.9. The Kier molecular flexibility index (Phi) is 5.91. The molecule has 1 aliphatic rings. The maximum atomic E-state index is 6.06. The fourth-order valence-corrected chi connectivity index (χ4v) is 4.05. The van der Waals surface area contributed by atoms with Crippen LogP contribution in [0.2, 0.25) is 5.02 Å². The molecule has 6 heteroatoms. The summed E-state index contributed by atoms with van der Waals surface area (Å²) >= 11 is 6.06. The number of aromatic nitrogens is 1. The summed E-state index contributed by atoms with van der Waals surface area (Å²) in [7, 11) is 0. The van der Waals surface area contributed by atoms with Crippen LogP contribution in [0.5, 0.6) is 0 Å². The van der Waals surface area contributed by atoms with E-state index in [9.17, 15) is 0 Å². The van der Waals surface area contributed by atoms with Gasteiger partial charge in [-0.3, -0.25) is 4.99 Å². The highest BCUT2D eigenvalue weighted by Gasteiger charge is 2.27. The van der Waals surface area contributed by atoms with Gasteiger partial charge >= 0.3 is 0 Å². The predicted octanol–water partition coefficient (Wildman–Crippen LogP) is 5.79. The van der Waals surface area contributed by atoms with Crippen molar-refractivity contribution in [2.75, 3.05) is 11.9 Å². The number of nitrogens with zero attached hydrogens (tertiary/aromatic N) is 2. The van der Waals surface area contributed by atoms with Gasteiger partial charge in [-0.15, -0.1) is 0 Å². The highest BCUT2D eigenvalue weighted by Crippen LogP contribution is 2.41. The molecule has 1 unspecified atom stereocenters. The zero-order valence-electron chi connectivity index (χ0n) is 17.2. The molecule has 3 N–H and O–H groups in total. The van der Waals surface area contributed by atoms with Crippen molar-refractivity contribution in [1.29, 1.82) is 0 Å². The Bertz CT molecular complexity index is 1100. The zero-order chi connectivity index (χ0) is 21.1. The van der Waals surface area contributed by atoms with Gasteiger partial charge in [-0.05, 0) is 67.3 Å². The molecule has 1 aromatic heterocycles. The summed E-state index contributed by atoms with van der Waals surface area (Å²) in [5.41, 5.74) is 13.2. The summed E-state index contributed by atoms with van der Waals surface area (Å²) in [6, 6.07) is 14.3. The summed E-state index contributed by atoms with van der Waals surface area (Å²) in [6.07, 6.45) is 5.12. The third-order valence-corrected chi connectivity index (χ3v) is 5.65. The number of fused-ring (bicyclic) bond motifs is 3. The van der Waals surface area contributed by atoms with Gasteiger partial charge in [0.1, 0.15) is 5.76 Å². The van der Waals surface area contributed by atoms with E-state index in [4.69, 9.17) is 21.9 Å². The molecule has 2 aromatic carbocycles. The van der Waals surface area contributed by atoms with Crippen molar-refractivity contribution >= 4 is 29.1 Å². The molecule has 4 rings (SSSR count). The number of nitrogens with two attached hydrogens (primary N) is 1. The van der Waals surface area contributed by atoms with E-state index in [2.05, 4.69) is 33.7 Å². The number of hydrogen-bond donors (Lipinski definition) is 2. The minimum atomic E-state index is 0.102. The van der Waals surface area contributed by atoms with Gasteiger partial charge in [-0.1, -0.05) is 28.9 Å². The Balaban J connectivity index is 1.81. The number of allylic oxidation sites excluding steroid dienone is 1. The van der Waals surface area contributed by atoms with Crippen LogP contribution >= 0.6 is 11.6 Å². The molecule has 0 bridgehead atoms. The molecule has 1 atom stereocenters. The van der Waals surface area contributed by atoms with Crippen molar-refractivity contribution in [3.05, 3.63) is 76.3 Å². The number of benzene rings is 2. The lowest BCUT2D eigenvalue weighted by Gasteiger charge is -2.22. The monoisotopic (exact) mass is 420 g/mol. The second-order valence-corrected chi connectivity index (χ2v) is 7.80. The first kappa shape index (κ1) is 20.2. The fraction of sp³-hybridized carbons (Fsp3) is 0.250. The standard InChI is InChI=1S/C24H25ClN4O/c1-3-27-14-17(13-26)16-4-9-20-21(12-16)22(28-19-7-5-18(25)6-8-19)10-11-23-24(20)15(2)29-30-23/h4-9,12-14,22,28H,3,10-11,26H2,1-2H3. The Labute approximate surface area is 181 Å². The lowest BCUT2D eigenvalue weighted by molar-refractivity contribution is 0.376. The molecule has 3 aromatic rings. The first-order chi connectivity index (χ1) is 14.6. The number of aryl methyl sites for hydroxylation is 2. The van der Waals surface area contributed by atoms with E-state index in [1.165, 1.54) is 5.56 Å². The largest absolute Gasteiger partial charge is 0.404 e. The van der Waals surface area contributed by atoms with Crippen LogP contribution in [0, 0.1) is 6.92 Å². The molecule has 30 heavy (non-hydrogen) atoms. The van der Waals surface area contributed by atoms with E-state index in [0.29, 0.717) is 6.54 Å². The molecule has 0 spiro atoms. The van der Waals surface area contributed by atoms with Crippen molar-refractivity contribution in [2.45, 2.75) is 32.7 Å². The molecule has 0 aliphatic heterocycles. The van der Waals surface area contributed by atoms with Gasteiger partial charge in [0.05, 0.1) is 11.7 Å². The van der Waals surface area contributed by atoms with Crippen molar-refractivity contribution in [1.82, 2.24) is 5.16 Å². The van der Waals surface area contributed by atoms with Gasteiger partial charge in [0, 0.05) is 47.2 Å². The second kappa shape index (κ2) is 8.76. The van der Waals surface area contributed by atoms with Crippen LogP contribution in [0.3, 0.4) is 0 Å². The molecule has 0 radical (unpaired) electrons. The van der Waals surface area contributed by atoms with Crippen LogP contribution in [0.4, 0.5) is 5.69 Å². The minimum Gasteiger partial charge on any atom is -0.404 e. The van der Waals surface area contributed by atoms with E-state index in [1.807, 2.05) is 44.3 Å². The number of aliphatic imine (C=N–C) groups is 1. The van der Waals surface area contributed by atoms with Gasteiger partial charge < -0.3 is 15.6 Å². The molecule has 0 saturated heterocycles. The van der Waals surface area contributed by atoms with Gasteiger partial charge in [0.15, 0.2) is 0 Å². The van der Waals surface area contributed by atoms with Gasteiger partial charge in [0.25, 0.3) is 0 Å². The normalized spacial score (nSPS) is 16.2. The van der Waals surface area contributed by atoms with Crippen LogP contribution < -0.4 is 11.1 Å². The molecular formula is C24H25ClN4O. The van der Waals surface area contributed by atoms with Gasteiger partial charge in [-0.2, -0.15) is 0 Å². The van der Waals surface area contributed by atoms with E-state index in [0.717, 1.165) is 57.3 Å². The Morgan fingerprint density at radius 3 is 2.83 bits per heavy atom. The third kappa shape index (κ3) is 3.98. The first-order valence-electron chi connectivity index (χ1n) is 10.1. The number of rotatable bonds is 5.